The van der Waals surface area contributed by atoms with Gasteiger partial charge in [0.25, 0.3) is 0 Å². The number of hydrogen-bond acceptors (Lipinski definition) is 3. The van der Waals surface area contributed by atoms with Gasteiger partial charge in [0.2, 0.25) is 0 Å². The lowest BCUT2D eigenvalue weighted by Gasteiger charge is -2.09. The van der Waals surface area contributed by atoms with Gasteiger partial charge in [-0.05, 0) is 33.6 Å². The summed E-state index contributed by atoms with van der Waals surface area (Å²) in [5, 5.41) is 3.16. The van der Waals surface area contributed by atoms with Crippen molar-refractivity contribution in [1.29, 1.82) is 0 Å². The summed E-state index contributed by atoms with van der Waals surface area (Å²) in [7, 11) is 1.63. The molecule has 1 aromatic rings. The van der Waals surface area contributed by atoms with Gasteiger partial charge in [-0.15, -0.1) is 0 Å². The summed E-state index contributed by atoms with van der Waals surface area (Å²) in [5.74, 6) is 0.139. The Labute approximate surface area is 107 Å². The molecule has 17 heavy (non-hydrogen) atoms. The van der Waals surface area contributed by atoms with Crippen molar-refractivity contribution >= 4 is 15.9 Å². The first-order valence-electron chi connectivity index (χ1n) is 5.06. The highest BCUT2D eigenvalue weighted by Gasteiger charge is 2.08. The molecule has 96 valence electrons. The molecule has 0 atom stereocenters. The van der Waals surface area contributed by atoms with Gasteiger partial charge in [-0.25, -0.2) is 0 Å². The molecule has 0 saturated carbocycles. The molecular formula is C11H14BrF2NO2. The van der Waals surface area contributed by atoms with Crippen LogP contribution in [0.3, 0.4) is 0 Å². The van der Waals surface area contributed by atoms with E-state index in [9.17, 15) is 8.78 Å². The number of ether oxygens (including phenoxy) is 2. The summed E-state index contributed by atoms with van der Waals surface area (Å²) >= 11 is 3.19. The van der Waals surface area contributed by atoms with Gasteiger partial charge < -0.3 is 14.8 Å². The Bertz CT molecular complexity index is 350. The van der Waals surface area contributed by atoms with Gasteiger partial charge in [0, 0.05) is 20.2 Å². The fourth-order valence-corrected chi connectivity index (χ4v) is 1.77. The van der Waals surface area contributed by atoms with Crippen LogP contribution in [0, 0.1) is 0 Å². The minimum absolute atomic E-state index is 0.139. The minimum atomic E-state index is -2.81. The third-order valence-corrected chi connectivity index (χ3v) is 2.64. The van der Waals surface area contributed by atoms with E-state index in [1.54, 1.807) is 19.2 Å². The van der Waals surface area contributed by atoms with Crippen molar-refractivity contribution in [3.63, 3.8) is 0 Å². The first-order chi connectivity index (χ1) is 8.13. The molecule has 0 radical (unpaired) electrons. The Morgan fingerprint density at radius 2 is 2.18 bits per heavy atom. The number of hydrogen-bond donors (Lipinski definition) is 1. The summed E-state index contributed by atoms with van der Waals surface area (Å²) < 4.78 is 33.8. The first kappa shape index (κ1) is 14.3. The molecule has 1 aromatic carbocycles. The van der Waals surface area contributed by atoms with Crippen molar-refractivity contribution in [3.8, 4) is 5.75 Å². The van der Waals surface area contributed by atoms with Gasteiger partial charge in [-0.1, -0.05) is 6.07 Å². The number of alkyl halides is 2. The van der Waals surface area contributed by atoms with Gasteiger partial charge in [0.1, 0.15) is 5.75 Å². The van der Waals surface area contributed by atoms with Crippen LogP contribution in [0.4, 0.5) is 8.78 Å². The highest BCUT2D eigenvalue weighted by molar-refractivity contribution is 9.10. The highest BCUT2D eigenvalue weighted by Crippen LogP contribution is 2.27. The van der Waals surface area contributed by atoms with E-state index in [-0.39, 0.29) is 5.75 Å². The lowest BCUT2D eigenvalue weighted by atomic mass is 10.2. The SMILES string of the molecule is COCCNCc1ccc(OC(F)F)c(Br)c1. The van der Waals surface area contributed by atoms with Gasteiger partial charge >= 0.3 is 6.61 Å². The molecule has 0 fully saturated rings. The van der Waals surface area contributed by atoms with E-state index in [2.05, 4.69) is 26.0 Å². The molecule has 0 heterocycles. The van der Waals surface area contributed by atoms with Crippen molar-refractivity contribution in [2.24, 2.45) is 0 Å². The predicted molar refractivity (Wildman–Crippen MR) is 64.4 cm³/mol. The maximum atomic E-state index is 12.0. The Balaban J connectivity index is 2.50. The standard InChI is InChI=1S/C11H14BrF2NO2/c1-16-5-4-15-7-8-2-3-10(9(12)6-8)17-11(13)14/h2-3,6,11,15H,4-5,7H2,1H3. The van der Waals surface area contributed by atoms with Crippen molar-refractivity contribution in [3.05, 3.63) is 28.2 Å². The molecule has 1 N–H and O–H groups in total. The number of halogens is 3. The maximum Gasteiger partial charge on any atom is 0.387 e. The molecule has 0 unspecified atom stereocenters. The second kappa shape index (κ2) is 7.58. The van der Waals surface area contributed by atoms with E-state index >= 15 is 0 Å². The average Bonchev–Trinajstić information content (AvgIpc) is 2.27. The summed E-state index contributed by atoms with van der Waals surface area (Å²) in [6.07, 6.45) is 0. The lowest BCUT2D eigenvalue weighted by molar-refractivity contribution is -0.0503. The zero-order valence-electron chi connectivity index (χ0n) is 9.38. The van der Waals surface area contributed by atoms with Crippen molar-refractivity contribution in [2.75, 3.05) is 20.3 Å². The first-order valence-corrected chi connectivity index (χ1v) is 5.85. The van der Waals surface area contributed by atoms with Crippen LogP contribution in [-0.2, 0) is 11.3 Å². The summed E-state index contributed by atoms with van der Waals surface area (Å²) in [6.45, 7) is -0.786. The Hall–Kier alpha value is -0.720. The van der Waals surface area contributed by atoms with E-state index in [0.29, 0.717) is 17.6 Å². The van der Waals surface area contributed by atoms with Gasteiger partial charge in [0.15, 0.2) is 0 Å². The molecule has 0 saturated heterocycles. The Morgan fingerprint density at radius 3 is 2.76 bits per heavy atom. The molecule has 0 amide bonds. The summed E-state index contributed by atoms with van der Waals surface area (Å²) in [6, 6.07) is 5.00. The Kier molecular flexibility index (Phi) is 6.39. The molecule has 3 nitrogen and oxygen atoms in total. The number of benzene rings is 1. The lowest BCUT2D eigenvalue weighted by Crippen LogP contribution is -2.18. The Morgan fingerprint density at radius 1 is 1.41 bits per heavy atom. The zero-order chi connectivity index (χ0) is 12.7. The molecule has 0 aliphatic heterocycles. The van der Waals surface area contributed by atoms with Crippen LogP contribution in [-0.4, -0.2) is 26.9 Å². The third kappa shape index (κ3) is 5.43. The van der Waals surface area contributed by atoms with Gasteiger partial charge in [-0.2, -0.15) is 8.78 Å². The molecular weight excluding hydrogens is 296 g/mol. The van der Waals surface area contributed by atoms with Gasteiger partial charge in [0.05, 0.1) is 11.1 Å². The maximum absolute atomic E-state index is 12.0. The van der Waals surface area contributed by atoms with Crippen LogP contribution in [0.15, 0.2) is 22.7 Å². The fourth-order valence-electron chi connectivity index (χ4n) is 1.25. The molecule has 0 aliphatic rings. The zero-order valence-corrected chi connectivity index (χ0v) is 11.0. The van der Waals surface area contributed by atoms with Crippen LogP contribution in [0.1, 0.15) is 5.56 Å². The van der Waals surface area contributed by atoms with Crippen molar-refractivity contribution in [2.45, 2.75) is 13.2 Å². The fraction of sp³-hybridized carbons (Fsp3) is 0.455. The van der Waals surface area contributed by atoms with E-state index in [1.807, 2.05) is 0 Å². The number of rotatable bonds is 7. The summed E-state index contributed by atoms with van der Waals surface area (Å²) in [4.78, 5) is 0. The smallest absolute Gasteiger partial charge is 0.387 e. The summed E-state index contributed by atoms with van der Waals surface area (Å²) in [5.41, 5.74) is 0.981. The second-order valence-corrected chi connectivity index (χ2v) is 4.17. The molecule has 0 aromatic heterocycles. The molecule has 6 heteroatoms. The van der Waals surface area contributed by atoms with Crippen LogP contribution < -0.4 is 10.1 Å². The average molecular weight is 310 g/mol. The van der Waals surface area contributed by atoms with Crippen LogP contribution in [0.2, 0.25) is 0 Å². The highest BCUT2D eigenvalue weighted by atomic mass is 79.9. The number of methoxy groups -OCH3 is 1. The van der Waals surface area contributed by atoms with Crippen LogP contribution in [0.5, 0.6) is 5.75 Å². The molecule has 0 aliphatic carbocycles. The monoisotopic (exact) mass is 309 g/mol. The van der Waals surface area contributed by atoms with E-state index < -0.39 is 6.61 Å². The van der Waals surface area contributed by atoms with E-state index in [0.717, 1.165) is 12.1 Å². The van der Waals surface area contributed by atoms with Crippen molar-refractivity contribution < 1.29 is 18.3 Å². The molecule has 1 rings (SSSR count). The second-order valence-electron chi connectivity index (χ2n) is 3.31. The number of nitrogens with one attached hydrogen (secondary N) is 1. The minimum Gasteiger partial charge on any atom is -0.434 e. The van der Waals surface area contributed by atoms with E-state index in [4.69, 9.17) is 4.74 Å². The van der Waals surface area contributed by atoms with Crippen LogP contribution in [0.25, 0.3) is 0 Å². The largest absolute Gasteiger partial charge is 0.434 e. The molecule has 0 bridgehead atoms. The molecule has 0 spiro atoms. The van der Waals surface area contributed by atoms with Crippen LogP contribution >= 0.6 is 15.9 Å². The normalized spacial score (nSPS) is 10.9. The van der Waals surface area contributed by atoms with E-state index in [1.165, 1.54) is 6.07 Å². The quantitative estimate of drug-likeness (QED) is 0.786. The van der Waals surface area contributed by atoms with Gasteiger partial charge in [-0.3, -0.25) is 0 Å². The van der Waals surface area contributed by atoms with Crippen molar-refractivity contribution in [1.82, 2.24) is 5.32 Å². The predicted octanol–water partition coefficient (Wildman–Crippen LogP) is 2.79. The topological polar surface area (TPSA) is 30.5 Å². The third-order valence-electron chi connectivity index (χ3n) is 2.02.